The van der Waals surface area contributed by atoms with Crippen LogP contribution in [0.5, 0.6) is 0 Å². The van der Waals surface area contributed by atoms with Crippen LogP contribution in [-0.4, -0.2) is 35.2 Å². The molecule has 116 valence electrons. The quantitative estimate of drug-likeness (QED) is 0.794. The van der Waals surface area contributed by atoms with E-state index in [1.54, 1.807) is 0 Å². The molecule has 4 nitrogen and oxygen atoms in total. The molecule has 2 N–H and O–H groups in total. The molecule has 0 radical (unpaired) electrons. The molecule has 0 aromatic heterocycles. The van der Waals surface area contributed by atoms with Gasteiger partial charge in [0.2, 0.25) is 0 Å². The highest BCUT2D eigenvalue weighted by Crippen LogP contribution is 2.28. The van der Waals surface area contributed by atoms with Crippen LogP contribution in [0.2, 0.25) is 0 Å². The lowest BCUT2D eigenvalue weighted by atomic mass is 10.2. The molecule has 0 atom stereocenters. The first-order valence-electron chi connectivity index (χ1n) is 6.86. The monoisotopic (exact) mass is 302 g/mol. The molecular formula is C14H17F3N2O2. The van der Waals surface area contributed by atoms with Gasteiger partial charge in [-0.2, -0.15) is 0 Å². The number of aliphatic hydroxyl groups is 1. The predicted molar refractivity (Wildman–Crippen MR) is 71.4 cm³/mol. The number of benzene rings is 1. The van der Waals surface area contributed by atoms with E-state index in [1.165, 1.54) is 4.90 Å². The van der Waals surface area contributed by atoms with Crippen molar-refractivity contribution < 1.29 is 23.1 Å². The molecule has 1 aromatic rings. The molecule has 0 bridgehead atoms. The zero-order valence-corrected chi connectivity index (χ0v) is 11.4. The van der Waals surface area contributed by atoms with E-state index in [0.717, 1.165) is 12.8 Å². The van der Waals surface area contributed by atoms with E-state index >= 15 is 0 Å². The van der Waals surface area contributed by atoms with Crippen LogP contribution in [0.15, 0.2) is 12.1 Å². The van der Waals surface area contributed by atoms with E-state index < -0.39 is 29.2 Å². The normalized spacial score (nSPS) is 14.1. The summed E-state index contributed by atoms with van der Waals surface area (Å²) in [6.07, 6.45) is 2.85. The van der Waals surface area contributed by atoms with E-state index in [1.807, 2.05) is 0 Å². The third-order valence-corrected chi connectivity index (χ3v) is 3.29. The van der Waals surface area contributed by atoms with E-state index in [9.17, 15) is 18.0 Å². The van der Waals surface area contributed by atoms with Gasteiger partial charge < -0.3 is 15.3 Å². The van der Waals surface area contributed by atoms with Crippen LogP contribution in [0, 0.1) is 17.5 Å². The number of halogens is 3. The van der Waals surface area contributed by atoms with Crippen LogP contribution in [0.1, 0.15) is 25.7 Å². The Hall–Kier alpha value is -1.76. The van der Waals surface area contributed by atoms with Gasteiger partial charge in [-0.3, -0.25) is 0 Å². The van der Waals surface area contributed by atoms with Crippen molar-refractivity contribution >= 4 is 11.7 Å². The fraction of sp³-hybridized carbons (Fsp3) is 0.500. The molecule has 0 aliphatic heterocycles. The van der Waals surface area contributed by atoms with Gasteiger partial charge in [0.15, 0.2) is 11.6 Å². The van der Waals surface area contributed by atoms with Gasteiger partial charge in [-0.15, -0.1) is 0 Å². The van der Waals surface area contributed by atoms with Crippen molar-refractivity contribution in [2.75, 3.05) is 18.5 Å². The van der Waals surface area contributed by atoms with E-state index in [4.69, 9.17) is 5.11 Å². The Balaban J connectivity index is 2.05. The second kappa shape index (κ2) is 6.80. The minimum Gasteiger partial charge on any atom is -0.396 e. The van der Waals surface area contributed by atoms with Crippen molar-refractivity contribution in [1.29, 1.82) is 0 Å². The van der Waals surface area contributed by atoms with Crippen LogP contribution in [0.4, 0.5) is 23.7 Å². The molecule has 1 aliphatic carbocycles. The van der Waals surface area contributed by atoms with Gasteiger partial charge in [0, 0.05) is 31.3 Å². The first-order valence-corrected chi connectivity index (χ1v) is 6.86. The highest BCUT2D eigenvalue weighted by molar-refractivity contribution is 5.90. The zero-order valence-electron chi connectivity index (χ0n) is 11.4. The number of urea groups is 1. The largest absolute Gasteiger partial charge is 0.396 e. The summed E-state index contributed by atoms with van der Waals surface area (Å²) in [4.78, 5) is 13.6. The first-order chi connectivity index (χ1) is 10.0. The maximum Gasteiger partial charge on any atom is 0.322 e. The van der Waals surface area contributed by atoms with Gasteiger partial charge in [-0.05, 0) is 25.7 Å². The molecule has 1 aromatic carbocycles. The Morgan fingerprint density at radius 2 is 1.86 bits per heavy atom. The molecule has 2 rings (SSSR count). The summed E-state index contributed by atoms with van der Waals surface area (Å²) >= 11 is 0. The summed E-state index contributed by atoms with van der Waals surface area (Å²) in [6, 6.07) is 0.493. The maximum absolute atomic E-state index is 13.5. The number of hydrogen-bond acceptors (Lipinski definition) is 2. The molecule has 2 amide bonds. The van der Waals surface area contributed by atoms with Gasteiger partial charge >= 0.3 is 6.03 Å². The Morgan fingerprint density at radius 1 is 1.24 bits per heavy atom. The lowest BCUT2D eigenvalue weighted by Gasteiger charge is -2.23. The Kier molecular flexibility index (Phi) is 5.06. The average molecular weight is 302 g/mol. The Labute approximate surface area is 120 Å². The van der Waals surface area contributed by atoms with Gasteiger partial charge in [0.1, 0.15) is 11.5 Å². The maximum atomic E-state index is 13.5. The molecule has 1 aliphatic rings. The Bertz CT molecular complexity index is 498. The molecule has 1 fully saturated rings. The number of amides is 2. The third-order valence-electron chi connectivity index (χ3n) is 3.29. The number of carbonyl (C=O) groups is 1. The van der Waals surface area contributed by atoms with Crippen molar-refractivity contribution in [2.45, 2.75) is 31.7 Å². The fourth-order valence-corrected chi connectivity index (χ4v) is 2.07. The highest BCUT2D eigenvalue weighted by atomic mass is 19.1. The predicted octanol–water partition coefficient (Wildman–Crippen LogP) is 2.87. The van der Waals surface area contributed by atoms with Crippen molar-refractivity contribution in [3.05, 3.63) is 29.6 Å². The van der Waals surface area contributed by atoms with Gasteiger partial charge in [-0.25, -0.2) is 18.0 Å². The van der Waals surface area contributed by atoms with E-state index in [-0.39, 0.29) is 12.6 Å². The summed E-state index contributed by atoms with van der Waals surface area (Å²) in [5, 5.41) is 10.9. The van der Waals surface area contributed by atoms with Crippen molar-refractivity contribution in [3.8, 4) is 0 Å². The summed E-state index contributed by atoms with van der Waals surface area (Å²) in [7, 11) is 0. The number of carbonyl (C=O) groups excluding carboxylic acids is 1. The molecule has 0 saturated heterocycles. The SMILES string of the molecule is O=C(Nc1c(F)cc(F)cc1F)N(CCCCO)C1CC1. The number of unbranched alkanes of at least 4 members (excludes halogenated alkanes) is 1. The van der Waals surface area contributed by atoms with Crippen molar-refractivity contribution in [1.82, 2.24) is 4.90 Å². The second-order valence-corrected chi connectivity index (χ2v) is 5.03. The van der Waals surface area contributed by atoms with Crippen molar-refractivity contribution in [3.63, 3.8) is 0 Å². The topological polar surface area (TPSA) is 52.6 Å². The molecule has 0 heterocycles. The number of nitrogens with zero attached hydrogens (tertiary/aromatic N) is 1. The van der Waals surface area contributed by atoms with E-state index in [0.29, 0.717) is 31.5 Å². The highest BCUT2D eigenvalue weighted by Gasteiger charge is 2.32. The van der Waals surface area contributed by atoms with Crippen LogP contribution in [-0.2, 0) is 0 Å². The molecule has 0 unspecified atom stereocenters. The summed E-state index contributed by atoms with van der Waals surface area (Å²) in [5.41, 5.74) is -0.644. The van der Waals surface area contributed by atoms with Crippen LogP contribution >= 0.6 is 0 Å². The number of hydrogen-bond donors (Lipinski definition) is 2. The Morgan fingerprint density at radius 3 is 2.38 bits per heavy atom. The van der Waals surface area contributed by atoms with Crippen LogP contribution < -0.4 is 5.32 Å². The number of rotatable bonds is 6. The zero-order chi connectivity index (χ0) is 15.4. The standard InChI is InChI=1S/C14H17F3N2O2/c15-9-7-11(16)13(12(17)8-9)18-14(21)19(10-3-4-10)5-1-2-6-20/h7-8,10,20H,1-6H2,(H,18,21). The molecular weight excluding hydrogens is 285 g/mol. The minimum absolute atomic E-state index is 0.0291. The second-order valence-electron chi connectivity index (χ2n) is 5.03. The summed E-state index contributed by atoms with van der Waals surface area (Å²) in [6.45, 7) is 0.433. The average Bonchev–Trinajstić information content (AvgIpc) is 3.23. The number of anilines is 1. The summed E-state index contributed by atoms with van der Waals surface area (Å²) < 4.78 is 39.8. The minimum atomic E-state index is -1.15. The molecule has 21 heavy (non-hydrogen) atoms. The van der Waals surface area contributed by atoms with Gasteiger partial charge in [-0.1, -0.05) is 0 Å². The third kappa shape index (κ3) is 4.10. The smallest absolute Gasteiger partial charge is 0.322 e. The van der Waals surface area contributed by atoms with Crippen LogP contribution in [0.25, 0.3) is 0 Å². The van der Waals surface area contributed by atoms with Crippen LogP contribution in [0.3, 0.4) is 0 Å². The lowest BCUT2D eigenvalue weighted by Crippen LogP contribution is -2.38. The first kappa shape index (κ1) is 15.6. The molecule has 1 saturated carbocycles. The molecule has 7 heteroatoms. The number of aliphatic hydroxyl groups excluding tert-OH is 1. The van der Waals surface area contributed by atoms with Gasteiger partial charge in [0.05, 0.1) is 0 Å². The molecule has 0 spiro atoms. The van der Waals surface area contributed by atoms with Crippen molar-refractivity contribution in [2.24, 2.45) is 0 Å². The lowest BCUT2D eigenvalue weighted by molar-refractivity contribution is 0.203. The fourth-order valence-electron chi connectivity index (χ4n) is 2.07. The van der Waals surface area contributed by atoms with E-state index in [2.05, 4.69) is 5.32 Å². The number of nitrogens with one attached hydrogen (secondary N) is 1. The van der Waals surface area contributed by atoms with Gasteiger partial charge in [0.25, 0.3) is 0 Å². The summed E-state index contributed by atoms with van der Waals surface area (Å²) in [5.74, 6) is -3.33.